The molecule has 1 fully saturated rings. The minimum absolute atomic E-state index is 0.0617. The van der Waals surface area contributed by atoms with Crippen LogP contribution in [0.5, 0.6) is 0 Å². The van der Waals surface area contributed by atoms with Crippen LogP contribution in [0.3, 0.4) is 0 Å². The highest BCUT2D eigenvalue weighted by atomic mass is 16.2. The van der Waals surface area contributed by atoms with E-state index < -0.39 is 0 Å². The van der Waals surface area contributed by atoms with Gasteiger partial charge in [-0.25, -0.2) is 0 Å². The molecule has 4 nitrogen and oxygen atoms in total. The monoisotopic (exact) mass is 350 g/mol. The zero-order valence-corrected chi connectivity index (χ0v) is 15.3. The summed E-state index contributed by atoms with van der Waals surface area (Å²) >= 11 is 0. The summed E-state index contributed by atoms with van der Waals surface area (Å²) in [6.45, 7) is 4.03. The first-order valence-electron chi connectivity index (χ1n) is 9.24. The number of rotatable bonds is 6. The highest BCUT2D eigenvalue weighted by Gasteiger charge is 2.27. The zero-order valence-electron chi connectivity index (χ0n) is 15.3. The van der Waals surface area contributed by atoms with Crippen molar-refractivity contribution in [2.75, 3.05) is 13.1 Å². The maximum absolute atomic E-state index is 12.5. The summed E-state index contributed by atoms with van der Waals surface area (Å²) in [6, 6.07) is 18.0. The Hall–Kier alpha value is -2.62. The lowest BCUT2D eigenvalue weighted by atomic mass is 10.0. The average molecular weight is 350 g/mol. The second-order valence-corrected chi connectivity index (χ2v) is 7.12. The molecule has 1 aliphatic heterocycles. The van der Waals surface area contributed by atoms with Crippen molar-refractivity contribution >= 4 is 11.8 Å². The summed E-state index contributed by atoms with van der Waals surface area (Å²) in [6.07, 6.45) is 1.83. The first-order chi connectivity index (χ1) is 12.6. The Morgan fingerprint density at radius 1 is 1.04 bits per heavy atom. The average Bonchev–Trinajstić information content (AvgIpc) is 3.11. The van der Waals surface area contributed by atoms with Gasteiger partial charge in [-0.05, 0) is 30.4 Å². The van der Waals surface area contributed by atoms with Gasteiger partial charge in [0.1, 0.15) is 0 Å². The minimum atomic E-state index is 0.0617. The molecule has 2 aromatic carbocycles. The maximum atomic E-state index is 12.5. The van der Waals surface area contributed by atoms with E-state index in [1.165, 1.54) is 5.56 Å². The quantitative estimate of drug-likeness (QED) is 0.870. The van der Waals surface area contributed by atoms with E-state index in [2.05, 4.69) is 5.32 Å². The zero-order chi connectivity index (χ0) is 18.4. The second kappa shape index (κ2) is 8.65. The number of carbonyl (C=O) groups excluding carboxylic acids is 2. The molecule has 4 heteroatoms. The van der Waals surface area contributed by atoms with Gasteiger partial charge < -0.3 is 10.2 Å². The first kappa shape index (κ1) is 18.2. The van der Waals surface area contributed by atoms with E-state index in [1.807, 2.05) is 66.4 Å². The molecule has 1 unspecified atom stereocenters. The van der Waals surface area contributed by atoms with Crippen LogP contribution in [-0.2, 0) is 22.6 Å². The molecule has 2 aromatic rings. The standard InChI is InChI=1S/C22H26N2O2/c1-17-7-9-18(10-8-17)14-22(26)24-12-11-20(16-24)13-21(25)23-15-19-5-3-2-4-6-19/h2-10,20H,11-16H2,1H3,(H,23,25). The molecular formula is C22H26N2O2. The van der Waals surface area contributed by atoms with Crippen LogP contribution in [-0.4, -0.2) is 29.8 Å². The van der Waals surface area contributed by atoms with Gasteiger partial charge in [0.05, 0.1) is 6.42 Å². The lowest BCUT2D eigenvalue weighted by Gasteiger charge is -2.17. The molecule has 1 atom stereocenters. The highest BCUT2D eigenvalue weighted by molar-refractivity contribution is 5.79. The molecule has 26 heavy (non-hydrogen) atoms. The van der Waals surface area contributed by atoms with Gasteiger partial charge in [0, 0.05) is 26.1 Å². The fourth-order valence-electron chi connectivity index (χ4n) is 3.35. The Morgan fingerprint density at radius 2 is 1.77 bits per heavy atom. The SMILES string of the molecule is Cc1ccc(CC(=O)N2CCC(CC(=O)NCc3ccccc3)C2)cc1. The lowest BCUT2D eigenvalue weighted by Crippen LogP contribution is -2.31. The third kappa shape index (κ3) is 5.19. The summed E-state index contributed by atoms with van der Waals surface area (Å²) in [7, 11) is 0. The van der Waals surface area contributed by atoms with E-state index in [-0.39, 0.29) is 17.7 Å². The molecular weight excluding hydrogens is 324 g/mol. The Labute approximate surface area is 155 Å². The van der Waals surface area contributed by atoms with Crippen LogP contribution in [0, 0.1) is 12.8 Å². The molecule has 0 aliphatic carbocycles. The molecule has 136 valence electrons. The molecule has 3 rings (SSSR count). The van der Waals surface area contributed by atoms with Crippen molar-refractivity contribution in [3.05, 3.63) is 71.3 Å². The van der Waals surface area contributed by atoms with Crippen molar-refractivity contribution in [3.63, 3.8) is 0 Å². The van der Waals surface area contributed by atoms with Crippen molar-refractivity contribution in [1.29, 1.82) is 0 Å². The largest absolute Gasteiger partial charge is 0.352 e. The van der Waals surface area contributed by atoms with Crippen LogP contribution >= 0.6 is 0 Å². The van der Waals surface area contributed by atoms with Gasteiger partial charge in [0.15, 0.2) is 0 Å². The van der Waals surface area contributed by atoms with E-state index in [0.717, 1.165) is 24.1 Å². The van der Waals surface area contributed by atoms with Crippen LogP contribution in [0.15, 0.2) is 54.6 Å². The van der Waals surface area contributed by atoms with E-state index in [4.69, 9.17) is 0 Å². The molecule has 0 spiro atoms. The molecule has 1 saturated heterocycles. The Bertz CT molecular complexity index is 740. The van der Waals surface area contributed by atoms with Gasteiger partial charge in [0.2, 0.25) is 11.8 Å². The van der Waals surface area contributed by atoms with Crippen molar-refractivity contribution in [3.8, 4) is 0 Å². The Kier molecular flexibility index (Phi) is 6.05. The minimum Gasteiger partial charge on any atom is -0.352 e. The molecule has 0 saturated carbocycles. The van der Waals surface area contributed by atoms with E-state index >= 15 is 0 Å². The van der Waals surface area contributed by atoms with E-state index in [1.54, 1.807) is 0 Å². The Morgan fingerprint density at radius 3 is 2.50 bits per heavy atom. The van der Waals surface area contributed by atoms with Crippen molar-refractivity contribution in [1.82, 2.24) is 10.2 Å². The van der Waals surface area contributed by atoms with Crippen LogP contribution in [0.25, 0.3) is 0 Å². The highest BCUT2D eigenvalue weighted by Crippen LogP contribution is 2.20. The van der Waals surface area contributed by atoms with E-state index in [0.29, 0.717) is 25.9 Å². The number of hydrogen-bond acceptors (Lipinski definition) is 2. The van der Waals surface area contributed by atoms with Crippen LogP contribution in [0.1, 0.15) is 29.5 Å². The van der Waals surface area contributed by atoms with Crippen molar-refractivity contribution < 1.29 is 9.59 Å². The van der Waals surface area contributed by atoms with Gasteiger partial charge in [-0.2, -0.15) is 0 Å². The van der Waals surface area contributed by atoms with Crippen LogP contribution < -0.4 is 5.32 Å². The number of nitrogens with zero attached hydrogens (tertiary/aromatic N) is 1. The molecule has 2 amide bonds. The number of nitrogens with one attached hydrogen (secondary N) is 1. The smallest absolute Gasteiger partial charge is 0.226 e. The second-order valence-electron chi connectivity index (χ2n) is 7.12. The molecule has 0 bridgehead atoms. The summed E-state index contributed by atoms with van der Waals surface area (Å²) in [5, 5.41) is 2.97. The summed E-state index contributed by atoms with van der Waals surface area (Å²) in [5.41, 5.74) is 3.34. The van der Waals surface area contributed by atoms with E-state index in [9.17, 15) is 9.59 Å². The van der Waals surface area contributed by atoms with Gasteiger partial charge in [0.25, 0.3) is 0 Å². The number of likely N-dealkylation sites (tertiary alicyclic amines) is 1. The summed E-state index contributed by atoms with van der Waals surface area (Å²) in [5.74, 6) is 0.473. The number of aryl methyl sites for hydroxylation is 1. The first-order valence-corrected chi connectivity index (χ1v) is 9.24. The van der Waals surface area contributed by atoms with Crippen molar-refractivity contribution in [2.24, 2.45) is 5.92 Å². The van der Waals surface area contributed by atoms with Gasteiger partial charge >= 0.3 is 0 Å². The number of amides is 2. The summed E-state index contributed by atoms with van der Waals surface area (Å²) in [4.78, 5) is 26.5. The van der Waals surface area contributed by atoms with Crippen LogP contribution in [0.4, 0.5) is 0 Å². The fraction of sp³-hybridized carbons (Fsp3) is 0.364. The number of carbonyl (C=O) groups is 2. The predicted molar refractivity (Wildman–Crippen MR) is 102 cm³/mol. The van der Waals surface area contributed by atoms with Gasteiger partial charge in [-0.3, -0.25) is 9.59 Å². The molecule has 1 N–H and O–H groups in total. The predicted octanol–water partition coefficient (Wildman–Crippen LogP) is 3.09. The molecule has 1 heterocycles. The number of hydrogen-bond donors (Lipinski definition) is 1. The normalized spacial score (nSPS) is 16.5. The third-order valence-corrected chi connectivity index (χ3v) is 4.92. The van der Waals surface area contributed by atoms with Crippen molar-refractivity contribution in [2.45, 2.75) is 32.7 Å². The van der Waals surface area contributed by atoms with Gasteiger partial charge in [-0.15, -0.1) is 0 Å². The van der Waals surface area contributed by atoms with Crippen LogP contribution in [0.2, 0.25) is 0 Å². The summed E-state index contributed by atoms with van der Waals surface area (Å²) < 4.78 is 0. The molecule has 0 aromatic heterocycles. The van der Waals surface area contributed by atoms with Gasteiger partial charge in [-0.1, -0.05) is 60.2 Å². The topological polar surface area (TPSA) is 49.4 Å². The number of benzene rings is 2. The third-order valence-electron chi connectivity index (χ3n) is 4.92. The fourth-order valence-corrected chi connectivity index (χ4v) is 3.35. The molecule has 0 radical (unpaired) electrons. The molecule has 1 aliphatic rings. The maximum Gasteiger partial charge on any atom is 0.226 e. The Balaban J connectivity index is 1.42. The lowest BCUT2D eigenvalue weighted by molar-refractivity contribution is -0.130.